The second kappa shape index (κ2) is 6.69. The minimum atomic E-state index is 0.274. The second-order valence-electron chi connectivity index (χ2n) is 4.64. The van der Waals surface area contributed by atoms with E-state index in [1.54, 1.807) is 0 Å². The SMILES string of the molecule is CCNC(Cc1ccccn1)c1ccc(Cl)c(C)c1. The van der Waals surface area contributed by atoms with Gasteiger partial charge in [0, 0.05) is 29.4 Å². The quantitative estimate of drug-likeness (QED) is 0.893. The Hall–Kier alpha value is -1.38. The van der Waals surface area contributed by atoms with Crippen molar-refractivity contribution in [2.45, 2.75) is 26.3 Å². The van der Waals surface area contributed by atoms with E-state index in [4.69, 9.17) is 11.6 Å². The van der Waals surface area contributed by atoms with Crippen LogP contribution in [0.15, 0.2) is 42.6 Å². The minimum Gasteiger partial charge on any atom is -0.310 e. The van der Waals surface area contributed by atoms with Crippen LogP contribution in [0.2, 0.25) is 5.02 Å². The van der Waals surface area contributed by atoms with Gasteiger partial charge >= 0.3 is 0 Å². The normalized spacial score (nSPS) is 12.4. The second-order valence-corrected chi connectivity index (χ2v) is 5.05. The number of pyridine rings is 1. The summed E-state index contributed by atoms with van der Waals surface area (Å²) in [5.41, 5.74) is 3.47. The van der Waals surface area contributed by atoms with Crippen molar-refractivity contribution in [1.29, 1.82) is 0 Å². The van der Waals surface area contributed by atoms with E-state index in [1.807, 2.05) is 31.3 Å². The molecule has 100 valence electrons. The van der Waals surface area contributed by atoms with E-state index < -0.39 is 0 Å². The van der Waals surface area contributed by atoms with Gasteiger partial charge in [-0.15, -0.1) is 0 Å². The Labute approximate surface area is 119 Å². The average molecular weight is 275 g/mol. The number of nitrogens with one attached hydrogen (secondary N) is 1. The van der Waals surface area contributed by atoms with E-state index in [0.29, 0.717) is 0 Å². The first-order valence-corrected chi connectivity index (χ1v) is 6.98. The molecule has 0 spiro atoms. The number of likely N-dealkylation sites (N-methyl/N-ethyl adjacent to an activating group) is 1. The van der Waals surface area contributed by atoms with Crippen LogP contribution in [0.4, 0.5) is 0 Å². The molecule has 0 aliphatic rings. The van der Waals surface area contributed by atoms with Crippen LogP contribution in [0.3, 0.4) is 0 Å². The molecule has 19 heavy (non-hydrogen) atoms. The molecule has 1 N–H and O–H groups in total. The van der Waals surface area contributed by atoms with Crippen molar-refractivity contribution in [3.05, 3.63) is 64.4 Å². The van der Waals surface area contributed by atoms with Crippen molar-refractivity contribution in [1.82, 2.24) is 10.3 Å². The highest BCUT2D eigenvalue weighted by molar-refractivity contribution is 6.31. The third-order valence-corrected chi connectivity index (χ3v) is 3.60. The van der Waals surface area contributed by atoms with Crippen LogP contribution in [0.1, 0.15) is 29.8 Å². The molecule has 2 nitrogen and oxygen atoms in total. The smallest absolute Gasteiger partial charge is 0.0435 e. The lowest BCUT2D eigenvalue weighted by atomic mass is 10.00. The molecule has 0 fully saturated rings. The summed E-state index contributed by atoms with van der Waals surface area (Å²) in [6, 6.07) is 12.5. The lowest BCUT2D eigenvalue weighted by Crippen LogP contribution is -2.23. The first-order valence-electron chi connectivity index (χ1n) is 6.60. The highest BCUT2D eigenvalue weighted by atomic mass is 35.5. The molecule has 0 bridgehead atoms. The molecule has 0 saturated carbocycles. The fourth-order valence-corrected chi connectivity index (χ4v) is 2.28. The van der Waals surface area contributed by atoms with Crippen molar-refractivity contribution in [2.75, 3.05) is 6.54 Å². The maximum absolute atomic E-state index is 6.09. The van der Waals surface area contributed by atoms with Crippen molar-refractivity contribution in [3.63, 3.8) is 0 Å². The summed E-state index contributed by atoms with van der Waals surface area (Å²) in [4.78, 5) is 4.40. The van der Waals surface area contributed by atoms with Gasteiger partial charge in [-0.3, -0.25) is 4.98 Å². The summed E-state index contributed by atoms with van der Waals surface area (Å²) in [6.07, 6.45) is 2.72. The Morgan fingerprint density at radius 2 is 2.11 bits per heavy atom. The Kier molecular flexibility index (Phi) is 4.94. The van der Waals surface area contributed by atoms with Crippen LogP contribution in [0.5, 0.6) is 0 Å². The minimum absolute atomic E-state index is 0.274. The van der Waals surface area contributed by atoms with Gasteiger partial charge in [0.15, 0.2) is 0 Å². The predicted octanol–water partition coefficient (Wildman–Crippen LogP) is 3.94. The van der Waals surface area contributed by atoms with Crippen LogP contribution in [0, 0.1) is 6.92 Å². The molecule has 1 unspecified atom stereocenters. The number of nitrogens with zero attached hydrogens (tertiary/aromatic N) is 1. The highest BCUT2D eigenvalue weighted by Gasteiger charge is 2.12. The van der Waals surface area contributed by atoms with Crippen LogP contribution in [0.25, 0.3) is 0 Å². The third-order valence-electron chi connectivity index (χ3n) is 3.17. The molecule has 2 rings (SSSR count). The summed E-state index contributed by atoms with van der Waals surface area (Å²) in [7, 11) is 0. The highest BCUT2D eigenvalue weighted by Crippen LogP contribution is 2.23. The molecule has 0 aliphatic carbocycles. The standard InChI is InChI=1S/C16H19ClN2/c1-3-18-16(11-14-6-4-5-9-19-14)13-7-8-15(17)12(2)10-13/h4-10,16,18H,3,11H2,1-2H3. The van der Waals surface area contributed by atoms with Gasteiger partial charge < -0.3 is 5.32 Å². The molecule has 1 atom stereocenters. The Balaban J connectivity index is 2.21. The summed E-state index contributed by atoms with van der Waals surface area (Å²) in [5.74, 6) is 0. The molecule has 0 saturated heterocycles. The van der Waals surface area contributed by atoms with Crippen LogP contribution >= 0.6 is 11.6 Å². The van der Waals surface area contributed by atoms with E-state index in [-0.39, 0.29) is 6.04 Å². The van der Waals surface area contributed by atoms with E-state index >= 15 is 0 Å². The zero-order chi connectivity index (χ0) is 13.7. The van der Waals surface area contributed by atoms with E-state index in [9.17, 15) is 0 Å². The maximum Gasteiger partial charge on any atom is 0.0435 e. The molecule has 0 radical (unpaired) electrons. The van der Waals surface area contributed by atoms with Gasteiger partial charge in [0.05, 0.1) is 0 Å². The molecule has 0 amide bonds. The molecule has 2 aromatic rings. The van der Waals surface area contributed by atoms with Gasteiger partial charge in [-0.05, 0) is 42.8 Å². The number of halogens is 1. The molecule has 1 aromatic carbocycles. The summed E-state index contributed by atoms with van der Waals surface area (Å²) >= 11 is 6.09. The van der Waals surface area contributed by atoms with Gasteiger partial charge in [0.2, 0.25) is 0 Å². The Morgan fingerprint density at radius 3 is 2.74 bits per heavy atom. The first-order chi connectivity index (χ1) is 9.20. The summed E-state index contributed by atoms with van der Waals surface area (Å²) < 4.78 is 0. The van der Waals surface area contributed by atoms with E-state index in [2.05, 4.69) is 35.4 Å². The van der Waals surface area contributed by atoms with Crippen molar-refractivity contribution in [3.8, 4) is 0 Å². The number of aryl methyl sites for hydroxylation is 1. The zero-order valence-electron chi connectivity index (χ0n) is 11.4. The number of benzene rings is 1. The topological polar surface area (TPSA) is 24.9 Å². The molecule has 1 aromatic heterocycles. The van der Waals surface area contributed by atoms with E-state index in [1.165, 1.54) is 5.56 Å². The molecular weight excluding hydrogens is 256 g/mol. The average Bonchev–Trinajstić information content (AvgIpc) is 2.43. The summed E-state index contributed by atoms with van der Waals surface area (Å²) in [6.45, 7) is 5.09. The fourth-order valence-electron chi connectivity index (χ4n) is 2.17. The molecule has 3 heteroatoms. The molecule has 1 heterocycles. The zero-order valence-corrected chi connectivity index (χ0v) is 12.1. The van der Waals surface area contributed by atoms with Crippen LogP contribution in [-0.2, 0) is 6.42 Å². The van der Waals surface area contributed by atoms with Gasteiger partial charge in [-0.1, -0.05) is 36.7 Å². The number of hydrogen-bond donors (Lipinski definition) is 1. The lowest BCUT2D eigenvalue weighted by Gasteiger charge is -2.19. The number of aromatic nitrogens is 1. The van der Waals surface area contributed by atoms with Crippen LogP contribution in [-0.4, -0.2) is 11.5 Å². The van der Waals surface area contributed by atoms with E-state index in [0.717, 1.165) is 29.2 Å². The Bertz CT molecular complexity index is 526. The third kappa shape index (κ3) is 3.79. The largest absolute Gasteiger partial charge is 0.310 e. The van der Waals surface area contributed by atoms with Gasteiger partial charge in [0.25, 0.3) is 0 Å². The number of rotatable bonds is 5. The number of hydrogen-bond acceptors (Lipinski definition) is 2. The summed E-state index contributed by atoms with van der Waals surface area (Å²) in [5, 5.41) is 4.33. The van der Waals surface area contributed by atoms with Gasteiger partial charge in [-0.25, -0.2) is 0 Å². The molecular formula is C16H19ClN2. The van der Waals surface area contributed by atoms with Crippen molar-refractivity contribution in [2.24, 2.45) is 0 Å². The van der Waals surface area contributed by atoms with Crippen LogP contribution < -0.4 is 5.32 Å². The maximum atomic E-state index is 6.09. The Morgan fingerprint density at radius 1 is 1.26 bits per heavy atom. The monoisotopic (exact) mass is 274 g/mol. The molecule has 0 aliphatic heterocycles. The van der Waals surface area contributed by atoms with Crippen molar-refractivity contribution >= 4 is 11.6 Å². The van der Waals surface area contributed by atoms with Gasteiger partial charge in [0.1, 0.15) is 0 Å². The fraction of sp³-hybridized carbons (Fsp3) is 0.312. The predicted molar refractivity (Wildman–Crippen MR) is 80.5 cm³/mol. The van der Waals surface area contributed by atoms with Crippen molar-refractivity contribution < 1.29 is 0 Å². The lowest BCUT2D eigenvalue weighted by molar-refractivity contribution is 0.544. The first kappa shape index (κ1) is 14.0. The van der Waals surface area contributed by atoms with Gasteiger partial charge in [-0.2, -0.15) is 0 Å².